The highest BCUT2D eigenvalue weighted by atomic mass is 35.5. The maximum atomic E-state index is 12.8. The van der Waals surface area contributed by atoms with Gasteiger partial charge in [0.1, 0.15) is 0 Å². The number of nitrogens with zero attached hydrogens (tertiary/aromatic N) is 1. The van der Waals surface area contributed by atoms with Gasteiger partial charge in [0.05, 0.1) is 24.2 Å². The summed E-state index contributed by atoms with van der Waals surface area (Å²) in [6.45, 7) is 5.54. The fourth-order valence-electron chi connectivity index (χ4n) is 2.92. The van der Waals surface area contributed by atoms with E-state index in [9.17, 15) is 8.42 Å². The van der Waals surface area contributed by atoms with Crippen molar-refractivity contribution in [3.05, 3.63) is 64.7 Å². The standard InChI is InChI=1S/C19H23ClN2O3S/c1-15-2-4-16(5-3-15)19(14-22-10-12-25-13-11-22)21-26(23,24)18-8-6-17(20)7-9-18/h2-9,19,21H,10-14H2,1H3. The lowest BCUT2D eigenvalue weighted by molar-refractivity contribution is 0.0345. The first kappa shape index (κ1) is 19.3. The van der Waals surface area contributed by atoms with Crippen LogP contribution in [0.15, 0.2) is 53.4 Å². The van der Waals surface area contributed by atoms with Crippen molar-refractivity contribution in [2.45, 2.75) is 17.9 Å². The van der Waals surface area contributed by atoms with Crippen LogP contribution in [0.4, 0.5) is 0 Å². The molecule has 26 heavy (non-hydrogen) atoms. The van der Waals surface area contributed by atoms with Gasteiger partial charge in [-0.2, -0.15) is 0 Å². The summed E-state index contributed by atoms with van der Waals surface area (Å²) in [6.07, 6.45) is 0. The first-order chi connectivity index (χ1) is 12.4. The van der Waals surface area contributed by atoms with E-state index < -0.39 is 10.0 Å². The van der Waals surface area contributed by atoms with Crippen molar-refractivity contribution in [2.75, 3.05) is 32.8 Å². The maximum absolute atomic E-state index is 12.8. The van der Waals surface area contributed by atoms with Crippen molar-refractivity contribution in [2.24, 2.45) is 0 Å². The van der Waals surface area contributed by atoms with Gasteiger partial charge in [-0.3, -0.25) is 4.90 Å². The Morgan fingerprint density at radius 2 is 1.69 bits per heavy atom. The molecular weight excluding hydrogens is 372 g/mol. The zero-order valence-electron chi connectivity index (χ0n) is 14.7. The topological polar surface area (TPSA) is 58.6 Å². The van der Waals surface area contributed by atoms with E-state index in [1.807, 2.05) is 31.2 Å². The fourth-order valence-corrected chi connectivity index (χ4v) is 4.26. The first-order valence-electron chi connectivity index (χ1n) is 8.58. The third-order valence-electron chi connectivity index (χ3n) is 4.45. The Hall–Kier alpha value is -1.44. The van der Waals surface area contributed by atoms with Crippen LogP contribution in [0.2, 0.25) is 5.02 Å². The number of nitrogens with one attached hydrogen (secondary N) is 1. The number of morpholine rings is 1. The minimum atomic E-state index is -3.65. The Morgan fingerprint density at radius 3 is 2.31 bits per heavy atom. The highest BCUT2D eigenvalue weighted by Crippen LogP contribution is 2.21. The molecule has 1 aliphatic rings. The normalized spacial score (nSPS) is 17.2. The van der Waals surface area contributed by atoms with E-state index in [1.54, 1.807) is 12.1 Å². The molecule has 0 bridgehead atoms. The number of ether oxygens (including phenoxy) is 1. The Kier molecular flexibility index (Phi) is 6.32. The van der Waals surface area contributed by atoms with Gasteiger partial charge in [-0.05, 0) is 36.8 Å². The van der Waals surface area contributed by atoms with Crippen LogP contribution in [0.3, 0.4) is 0 Å². The molecule has 0 aliphatic carbocycles. The monoisotopic (exact) mass is 394 g/mol. The van der Waals surface area contributed by atoms with Crippen molar-refractivity contribution >= 4 is 21.6 Å². The second kappa shape index (κ2) is 8.50. The molecule has 7 heteroatoms. The summed E-state index contributed by atoms with van der Waals surface area (Å²) in [5.41, 5.74) is 2.08. The van der Waals surface area contributed by atoms with Gasteiger partial charge < -0.3 is 4.74 Å². The van der Waals surface area contributed by atoms with Crippen molar-refractivity contribution < 1.29 is 13.2 Å². The molecular formula is C19H23ClN2O3S. The molecule has 1 fully saturated rings. The number of rotatable bonds is 6. The lowest BCUT2D eigenvalue weighted by atomic mass is 10.1. The van der Waals surface area contributed by atoms with Gasteiger partial charge in [-0.15, -0.1) is 0 Å². The molecule has 0 spiro atoms. The number of hydrogen-bond donors (Lipinski definition) is 1. The quantitative estimate of drug-likeness (QED) is 0.818. The van der Waals surface area contributed by atoms with Crippen molar-refractivity contribution in [3.63, 3.8) is 0 Å². The van der Waals surface area contributed by atoms with E-state index in [4.69, 9.17) is 16.3 Å². The summed E-state index contributed by atoms with van der Waals surface area (Å²) >= 11 is 5.87. The van der Waals surface area contributed by atoms with E-state index in [-0.39, 0.29) is 10.9 Å². The summed E-state index contributed by atoms with van der Waals surface area (Å²) in [4.78, 5) is 2.43. The van der Waals surface area contributed by atoms with Gasteiger partial charge >= 0.3 is 0 Å². The van der Waals surface area contributed by atoms with Crippen LogP contribution in [0, 0.1) is 6.92 Å². The third-order valence-corrected chi connectivity index (χ3v) is 6.19. The zero-order chi connectivity index (χ0) is 18.6. The lowest BCUT2D eigenvalue weighted by Gasteiger charge is -2.31. The second-order valence-electron chi connectivity index (χ2n) is 6.45. The highest BCUT2D eigenvalue weighted by molar-refractivity contribution is 7.89. The summed E-state index contributed by atoms with van der Waals surface area (Å²) in [6, 6.07) is 13.8. The molecule has 0 radical (unpaired) electrons. The molecule has 3 rings (SSSR count). The molecule has 1 saturated heterocycles. The Bertz CT molecular complexity index is 817. The smallest absolute Gasteiger partial charge is 0.241 e. The molecule has 0 amide bonds. The molecule has 1 N–H and O–H groups in total. The van der Waals surface area contributed by atoms with Gasteiger partial charge in [-0.1, -0.05) is 41.4 Å². The molecule has 2 aromatic carbocycles. The molecule has 0 saturated carbocycles. The van der Waals surface area contributed by atoms with Crippen LogP contribution in [-0.2, 0) is 14.8 Å². The molecule has 1 unspecified atom stereocenters. The average Bonchev–Trinajstić information content (AvgIpc) is 2.63. The van der Waals surface area contributed by atoms with E-state index in [1.165, 1.54) is 12.1 Å². The number of halogens is 1. The Balaban J connectivity index is 1.84. The van der Waals surface area contributed by atoms with E-state index in [0.29, 0.717) is 24.8 Å². The SMILES string of the molecule is Cc1ccc(C(CN2CCOCC2)NS(=O)(=O)c2ccc(Cl)cc2)cc1. The van der Waals surface area contributed by atoms with E-state index >= 15 is 0 Å². The number of benzene rings is 2. The third kappa shape index (κ3) is 5.05. The molecule has 140 valence electrons. The Morgan fingerprint density at radius 1 is 1.08 bits per heavy atom. The van der Waals surface area contributed by atoms with Crippen molar-refractivity contribution in [1.82, 2.24) is 9.62 Å². The van der Waals surface area contributed by atoms with Crippen LogP contribution < -0.4 is 4.72 Å². The molecule has 0 aromatic heterocycles. The lowest BCUT2D eigenvalue weighted by Crippen LogP contribution is -2.43. The van der Waals surface area contributed by atoms with Crippen LogP contribution >= 0.6 is 11.6 Å². The number of sulfonamides is 1. The number of aryl methyl sites for hydroxylation is 1. The highest BCUT2D eigenvalue weighted by Gasteiger charge is 2.24. The second-order valence-corrected chi connectivity index (χ2v) is 8.60. The van der Waals surface area contributed by atoms with E-state index in [2.05, 4.69) is 9.62 Å². The molecule has 5 nitrogen and oxygen atoms in total. The van der Waals surface area contributed by atoms with Gasteiger partial charge in [0.15, 0.2) is 0 Å². The molecule has 1 heterocycles. The predicted octanol–water partition coefficient (Wildman–Crippen LogP) is 3.00. The van der Waals surface area contributed by atoms with Crippen molar-refractivity contribution in [3.8, 4) is 0 Å². The summed E-state index contributed by atoms with van der Waals surface area (Å²) in [7, 11) is -3.65. The molecule has 1 atom stereocenters. The zero-order valence-corrected chi connectivity index (χ0v) is 16.3. The molecule has 1 aliphatic heterocycles. The largest absolute Gasteiger partial charge is 0.379 e. The Labute approximate surface area is 160 Å². The summed E-state index contributed by atoms with van der Waals surface area (Å²) in [5.74, 6) is 0. The summed E-state index contributed by atoms with van der Waals surface area (Å²) in [5, 5.41) is 0.507. The predicted molar refractivity (Wildman–Crippen MR) is 103 cm³/mol. The summed E-state index contributed by atoms with van der Waals surface area (Å²) < 4.78 is 33.9. The maximum Gasteiger partial charge on any atom is 0.241 e. The minimum Gasteiger partial charge on any atom is -0.379 e. The van der Waals surface area contributed by atoms with Gasteiger partial charge in [-0.25, -0.2) is 13.1 Å². The van der Waals surface area contributed by atoms with Crippen LogP contribution in [0.1, 0.15) is 17.2 Å². The van der Waals surface area contributed by atoms with E-state index in [0.717, 1.165) is 24.2 Å². The van der Waals surface area contributed by atoms with Crippen LogP contribution in [-0.4, -0.2) is 46.2 Å². The van der Waals surface area contributed by atoms with Gasteiger partial charge in [0.2, 0.25) is 10.0 Å². The molecule has 2 aromatic rings. The van der Waals surface area contributed by atoms with Gasteiger partial charge in [0.25, 0.3) is 0 Å². The van der Waals surface area contributed by atoms with Gasteiger partial charge in [0, 0.05) is 24.7 Å². The average molecular weight is 395 g/mol. The minimum absolute atomic E-state index is 0.209. The fraction of sp³-hybridized carbons (Fsp3) is 0.368. The van der Waals surface area contributed by atoms with Crippen LogP contribution in [0.5, 0.6) is 0 Å². The number of hydrogen-bond acceptors (Lipinski definition) is 4. The van der Waals surface area contributed by atoms with Crippen LogP contribution in [0.25, 0.3) is 0 Å². The first-order valence-corrected chi connectivity index (χ1v) is 10.4. The van der Waals surface area contributed by atoms with Crippen molar-refractivity contribution in [1.29, 1.82) is 0 Å².